The molecule has 0 unspecified atom stereocenters. The molecule has 0 bridgehead atoms. The van der Waals surface area contributed by atoms with Crippen molar-refractivity contribution in [2.24, 2.45) is 0 Å². The topological polar surface area (TPSA) is 42.4 Å². The van der Waals surface area contributed by atoms with E-state index in [1.165, 1.54) is 12.3 Å². The fraction of sp³-hybridized carbons (Fsp3) is 0.154. The van der Waals surface area contributed by atoms with Crippen molar-refractivity contribution in [3.63, 3.8) is 0 Å². The summed E-state index contributed by atoms with van der Waals surface area (Å²) >= 11 is 3.07. The maximum Gasteiger partial charge on any atom is 0.219 e. The van der Waals surface area contributed by atoms with Gasteiger partial charge in [0, 0.05) is 18.3 Å². The molecule has 0 aliphatic carbocycles. The van der Waals surface area contributed by atoms with Crippen LogP contribution < -0.4 is 4.74 Å². The van der Waals surface area contributed by atoms with Gasteiger partial charge < -0.3 is 9.84 Å². The molecule has 5 heteroatoms. The van der Waals surface area contributed by atoms with Gasteiger partial charge in [0.05, 0.1) is 10.6 Å². The molecular formula is C13H11BrFNO2. The van der Waals surface area contributed by atoms with Crippen LogP contribution in [0.1, 0.15) is 18.6 Å². The van der Waals surface area contributed by atoms with E-state index in [1.807, 2.05) is 0 Å². The van der Waals surface area contributed by atoms with Crippen LogP contribution in [-0.2, 0) is 0 Å². The Morgan fingerprint density at radius 2 is 2.11 bits per heavy atom. The molecule has 2 rings (SSSR count). The first-order valence-corrected chi connectivity index (χ1v) is 6.12. The van der Waals surface area contributed by atoms with Crippen LogP contribution in [0.3, 0.4) is 0 Å². The molecule has 0 aliphatic heterocycles. The SMILES string of the molecule is C[C@H](O)c1ccnc(Oc2ccc(Br)c(F)c2)c1. The molecule has 1 N–H and O–H groups in total. The van der Waals surface area contributed by atoms with Crippen molar-refractivity contribution in [2.75, 3.05) is 0 Å². The maximum atomic E-state index is 13.3. The van der Waals surface area contributed by atoms with Gasteiger partial charge in [-0.3, -0.25) is 0 Å². The third-order valence-corrected chi connectivity index (χ3v) is 3.00. The summed E-state index contributed by atoms with van der Waals surface area (Å²) in [7, 11) is 0. The van der Waals surface area contributed by atoms with E-state index in [9.17, 15) is 9.50 Å². The molecule has 2 aromatic rings. The van der Waals surface area contributed by atoms with E-state index in [0.717, 1.165) is 0 Å². The highest BCUT2D eigenvalue weighted by molar-refractivity contribution is 9.10. The quantitative estimate of drug-likeness (QED) is 0.936. The number of aliphatic hydroxyl groups is 1. The second-order valence-electron chi connectivity index (χ2n) is 3.78. The van der Waals surface area contributed by atoms with Crippen LogP contribution in [0.2, 0.25) is 0 Å². The molecule has 1 atom stereocenters. The summed E-state index contributed by atoms with van der Waals surface area (Å²) in [5.41, 5.74) is 0.692. The molecular weight excluding hydrogens is 301 g/mol. The van der Waals surface area contributed by atoms with Gasteiger partial charge in [0.25, 0.3) is 0 Å². The van der Waals surface area contributed by atoms with E-state index in [4.69, 9.17) is 4.74 Å². The lowest BCUT2D eigenvalue weighted by molar-refractivity contribution is 0.198. The van der Waals surface area contributed by atoms with Crippen molar-refractivity contribution in [3.05, 3.63) is 52.4 Å². The van der Waals surface area contributed by atoms with Gasteiger partial charge in [-0.25, -0.2) is 9.37 Å². The van der Waals surface area contributed by atoms with Gasteiger partial charge in [0.1, 0.15) is 11.6 Å². The summed E-state index contributed by atoms with van der Waals surface area (Å²) in [5.74, 6) is 0.264. The van der Waals surface area contributed by atoms with Gasteiger partial charge in [0.2, 0.25) is 5.88 Å². The number of hydrogen-bond acceptors (Lipinski definition) is 3. The normalized spacial score (nSPS) is 12.2. The highest BCUT2D eigenvalue weighted by Crippen LogP contribution is 2.25. The molecule has 0 saturated heterocycles. The molecule has 0 fully saturated rings. The smallest absolute Gasteiger partial charge is 0.219 e. The monoisotopic (exact) mass is 311 g/mol. The number of benzene rings is 1. The van der Waals surface area contributed by atoms with Crippen LogP contribution >= 0.6 is 15.9 Å². The first-order chi connectivity index (χ1) is 8.56. The molecule has 18 heavy (non-hydrogen) atoms. The van der Waals surface area contributed by atoms with Gasteiger partial charge in [-0.1, -0.05) is 0 Å². The molecule has 1 aromatic heterocycles. The lowest BCUT2D eigenvalue weighted by Gasteiger charge is -2.08. The minimum atomic E-state index is -0.600. The minimum Gasteiger partial charge on any atom is -0.439 e. The second-order valence-corrected chi connectivity index (χ2v) is 4.64. The summed E-state index contributed by atoms with van der Waals surface area (Å²) in [5, 5.41) is 9.45. The first-order valence-electron chi connectivity index (χ1n) is 5.33. The summed E-state index contributed by atoms with van der Waals surface area (Å²) in [6.07, 6.45) is 0.934. The Morgan fingerprint density at radius 1 is 1.33 bits per heavy atom. The van der Waals surface area contributed by atoms with E-state index >= 15 is 0 Å². The Bertz CT molecular complexity index is 560. The number of rotatable bonds is 3. The van der Waals surface area contributed by atoms with Gasteiger partial charge in [-0.15, -0.1) is 0 Å². The zero-order valence-corrected chi connectivity index (χ0v) is 11.2. The Labute approximate surface area is 112 Å². The van der Waals surface area contributed by atoms with Crippen LogP contribution in [0.4, 0.5) is 4.39 Å². The Balaban J connectivity index is 2.23. The third kappa shape index (κ3) is 3.05. The second kappa shape index (κ2) is 5.46. The van der Waals surface area contributed by atoms with Crippen molar-refractivity contribution in [3.8, 4) is 11.6 Å². The number of hydrogen-bond donors (Lipinski definition) is 1. The van der Waals surface area contributed by atoms with E-state index in [-0.39, 0.29) is 0 Å². The lowest BCUT2D eigenvalue weighted by Crippen LogP contribution is -1.94. The molecule has 1 aromatic carbocycles. The van der Waals surface area contributed by atoms with Crippen molar-refractivity contribution in [2.45, 2.75) is 13.0 Å². The first kappa shape index (κ1) is 13.0. The van der Waals surface area contributed by atoms with Crippen LogP contribution in [0.15, 0.2) is 41.0 Å². The third-order valence-electron chi connectivity index (χ3n) is 2.35. The largest absolute Gasteiger partial charge is 0.439 e. The van der Waals surface area contributed by atoms with Crippen molar-refractivity contribution >= 4 is 15.9 Å². The molecule has 0 saturated carbocycles. The van der Waals surface area contributed by atoms with Crippen LogP contribution in [-0.4, -0.2) is 10.1 Å². The molecule has 0 aliphatic rings. The number of aliphatic hydroxyl groups excluding tert-OH is 1. The highest BCUT2D eigenvalue weighted by atomic mass is 79.9. The molecule has 94 valence electrons. The predicted octanol–water partition coefficient (Wildman–Crippen LogP) is 3.83. The number of halogens is 2. The van der Waals surface area contributed by atoms with Gasteiger partial charge in [0.15, 0.2) is 0 Å². The van der Waals surface area contributed by atoms with Crippen LogP contribution in [0.25, 0.3) is 0 Å². The predicted molar refractivity (Wildman–Crippen MR) is 69.0 cm³/mol. The van der Waals surface area contributed by atoms with E-state index < -0.39 is 11.9 Å². The summed E-state index contributed by atoms with van der Waals surface area (Å²) in [6.45, 7) is 1.65. The fourth-order valence-corrected chi connectivity index (χ4v) is 1.65. The number of aromatic nitrogens is 1. The molecule has 0 radical (unpaired) electrons. The Hall–Kier alpha value is -1.46. The number of nitrogens with zero attached hydrogens (tertiary/aromatic N) is 1. The summed E-state index contributed by atoms with van der Waals surface area (Å²) in [4.78, 5) is 4.00. The lowest BCUT2D eigenvalue weighted by atomic mass is 10.2. The minimum absolute atomic E-state index is 0.315. The van der Waals surface area contributed by atoms with Gasteiger partial charge in [-0.05, 0) is 46.6 Å². The van der Waals surface area contributed by atoms with E-state index in [2.05, 4.69) is 20.9 Å². The van der Waals surface area contributed by atoms with E-state index in [1.54, 1.807) is 31.2 Å². The van der Waals surface area contributed by atoms with Gasteiger partial charge >= 0.3 is 0 Å². The average molecular weight is 312 g/mol. The summed E-state index contributed by atoms with van der Waals surface area (Å²) < 4.78 is 19.1. The zero-order valence-electron chi connectivity index (χ0n) is 9.60. The maximum absolute atomic E-state index is 13.3. The molecule has 0 amide bonds. The molecule has 3 nitrogen and oxygen atoms in total. The fourth-order valence-electron chi connectivity index (χ4n) is 1.40. The average Bonchev–Trinajstić information content (AvgIpc) is 2.34. The zero-order chi connectivity index (χ0) is 13.1. The number of ether oxygens (including phenoxy) is 1. The van der Waals surface area contributed by atoms with Crippen molar-refractivity contribution in [1.82, 2.24) is 4.98 Å². The van der Waals surface area contributed by atoms with E-state index in [0.29, 0.717) is 21.7 Å². The van der Waals surface area contributed by atoms with Crippen molar-refractivity contribution in [1.29, 1.82) is 0 Å². The van der Waals surface area contributed by atoms with Gasteiger partial charge in [-0.2, -0.15) is 0 Å². The van der Waals surface area contributed by atoms with Crippen molar-refractivity contribution < 1.29 is 14.2 Å². The van der Waals surface area contributed by atoms with Crippen LogP contribution in [0.5, 0.6) is 11.6 Å². The Morgan fingerprint density at radius 3 is 2.78 bits per heavy atom. The summed E-state index contributed by atoms with van der Waals surface area (Å²) in [6, 6.07) is 7.76. The molecule has 0 spiro atoms. The van der Waals surface area contributed by atoms with Crippen LogP contribution in [0, 0.1) is 5.82 Å². The Kier molecular flexibility index (Phi) is 3.93. The highest BCUT2D eigenvalue weighted by Gasteiger charge is 2.06. The number of pyridine rings is 1. The molecule has 1 heterocycles. The standard InChI is InChI=1S/C13H11BrFNO2/c1-8(17)9-4-5-16-13(6-9)18-10-2-3-11(14)12(15)7-10/h2-8,17H,1H3/t8-/m0/s1.